The maximum absolute atomic E-state index is 11.5. The third-order valence-electron chi connectivity index (χ3n) is 3.55. The lowest BCUT2D eigenvalue weighted by Crippen LogP contribution is -2.14. The number of rotatable bonds is 2. The highest BCUT2D eigenvalue weighted by Gasteiger charge is 2.12. The van der Waals surface area contributed by atoms with Crippen LogP contribution in [0.4, 0.5) is 0 Å². The van der Waals surface area contributed by atoms with Gasteiger partial charge in [-0.15, -0.1) is 0 Å². The molecule has 0 unspecified atom stereocenters. The molecule has 1 heterocycles. The lowest BCUT2D eigenvalue weighted by molar-refractivity contribution is 0.0699. The van der Waals surface area contributed by atoms with Crippen molar-refractivity contribution in [2.75, 3.05) is 0 Å². The first-order valence-electron chi connectivity index (χ1n) is 6.50. The Balaban J connectivity index is 2.34. The number of aromatic carboxylic acids is 1. The van der Waals surface area contributed by atoms with E-state index < -0.39 is 5.97 Å². The Labute approximate surface area is 120 Å². The smallest absolute Gasteiger partial charge is 0.336 e. The number of carbonyl (C=O) groups is 1. The van der Waals surface area contributed by atoms with E-state index in [2.05, 4.69) is 0 Å². The van der Waals surface area contributed by atoms with Crippen LogP contribution in [0.25, 0.3) is 21.9 Å². The number of pyridine rings is 1. The summed E-state index contributed by atoms with van der Waals surface area (Å²) in [6, 6.07) is 14.0. The van der Waals surface area contributed by atoms with Gasteiger partial charge < -0.3 is 9.67 Å². The average molecular weight is 279 g/mol. The minimum Gasteiger partial charge on any atom is -0.478 e. The number of aromatic nitrogens is 1. The molecule has 1 aromatic heterocycles. The van der Waals surface area contributed by atoms with Gasteiger partial charge in [-0.3, -0.25) is 4.79 Å². The van der Waals surface area contributed by atoms with Gasteiger partial charge in [0.1, 0.15) is 0 Å². The highest BCUT2D eigenvalue weighted by molar-refractivity contribution is 6.08. The molecule has 0 spiro atoms. The molecule has 4 heteroatoms. The molecule has 0 radical (unpaired) electrons. The van der Waals surface area contributed by atoms with Gasteiger partial charge in [-0.05, 0) is 34.0 Å². The van der Waals surface area contributed by atoms with Crippen molar-refractivity contribution in [3.8, 4) is 11.1 Å². The number of fused-ring (bicyclic) bond motifs is 1. The molecule has 0 aliphatic rings. The number of carboxylic acids is 1. The molecule has 3 rings (SSSR count). The van der Waals surface area contributed by atoms with E-state index in [1.54, 1.807) is 37.5 Å². The number of hydrogen-bond donors (Lipinski definition) is 1. The molecule has 0 aliphatic carbocycles. The lowest BCUT2D eigenvalue weighted by atomic mass is 9.96. The van der Waals surface area contributed by atoms with Crippen molar-refractivity contribution in [1.29, 1.82) is 0 Å². The fraction of sp³-hybridized carbons (Fsp3) is 0.0588. The average Bonchev–Trinajstić information content (AvgIpc) is 2.49. The van der Waals surface area contributed by atoms with Crippen LogP contribution in [0.2, 0.25) is 0 Å². The molecule has 104 valence electrons. The van der Waals surface area contributed by atoms with Crippen LogP contribution >= 0.6 is 0 Å². The summed E-state index contributed by atoms with van der Waals surface area (Å²) in [6.45, 7) is 0. The monoisotopic (exact) mass is 279 g/mol. The van der Waals surface area contributed by atoms with Gasteiger partial charge >= 0.3 is 5.97 Å². The molecule has 2 aromatic carbocycles. The molecule has 0 bridgehead atoms. The number of aryl methyl sites for hydroxylation is 1. The first-order chi connectivity index (χ1) is 10.1. The topological polar surface area (TPSA) is 59.3 Å². The molecule has 4 nitrogen and oxygen atoms in total. The predicted molar refractivity (Wildman–Crippen MR) is 81.6 cm³/mol. The lowest BCUT2D eigenvalue weighted by Gasteiger charge is -2.10. The zero-order valence-electron chi connectivity index (χ0n) is 11.4. The van der Waals surface area contributed by atoms with Gasteiger partial charge in [0.05, 0.1) is 5.56 Å². The highest BCUT2D eigenvalue weighted by atomic mass is 16.4. The molecule has 0 aliphatic heterocycles. The van der Waals surface area contributed by atoms with E-state index in [1.807, 2.05) is 18.2 Å². The summed E-state index contributed by atoms with van der Waals surface area (Å²) in [4.78, 5) is 22.8. The van der Waals surface area contributed by atoms with Crippen LogP contribution in [0.1, 0.15) is 10.4 Å². The fourth-order valence-electron chi connectivity index (χ4n) is 2.49. The third-order valence-corrected chi connectivity index (χ3v) is 3.55. The quantitative estimate of drug-likeness (QED) is 0.784. The van der Waals surface area contributed by atoms with Crippen molar-refractivity contribution in [3.05, 3.63) is 70.6 Å². The maximum Gasteiger partial charge on any atom is 0.336 e. The highest BCUT2D eigenvalue weighted by Crippen LogP contribution is 2.30. The van der Waals surface area contributed by atoms with E-state index in [0.717, 1.165) is 16.5 Å². The van der Waals surface area contributed by atoms with Crippen LogP contribution in [-0.2, 0) is 7.05 Å². The third kappa shape index (κ3) is 2.21. The second-order valence-electron chi connectivity index (χ2n) is 4.88. The molecule has 3 aromatic rings. The molecule has 21 heavy (non-hydrogen) atoms. The first-order valence-corrected chi connectivity index (χ1v) is 6.50. The molecule has 0 fully saturated rings. The van der Waals surface area contributed by atoms with Gasteiger partial charge in [0.25, 0.3) is 0 Å². The zero-order chi connectivity index (χ0) is 15.0. The standard InChI is InChI=1S/C17H13NO3/c1-18-10-11(6-9-16(18)19)12-7-8-15(17(20)21)14-5-3-2-4-13(12)14/h2-10H,1H3,(H,20,21). The van der Waals surface area contributed by atoms with E-state index in [-0.39, 0.29) is 11.1 Å². The minimum absolute atomic E-state index is 0.0785. The Kier molecular flexibility index (Phi) is 3.06. The summed E-state index contributed by atoms with van der Waals surface area (Å²) < 4.78 is 1.51. The Hall–Kier alpha value is -2.88. The van der Waals surface area contributed by atoms with Crippen molar-refractivity contribution < 1.29 is 9.90 Å². The minimum atomic E-state index is -0.946. The molecule has 0 atom stereocenters. The number of benzene rings is 2. The van der Waals surface area contributed by atoms with Crippen LogP contribution in [0.3, 0.4) is 0 Å². The summed E-state index contributed by atoms with van der Waals surface area (Å²) in [7, 11) is 1.69. The van der Waals surface area contributed by atoms with Crippen molar-refractivity contribution in [2.45, 2.75) is 0 Å². The van der Waals surface area contributed by atoms with Crippen LogP contribution in [0.5, 0.6) is 0 Å². The summed E-state index contributed by atoms with van der Waals surface area (Å²) in [5, 5.41) is 10.8. The Bertz CT molecular complexity index is 909. The SMILES string of the molecule is Cn1cc(-c2ccc(C(=O)O)c3ccccc23)ccc1=O. The van der Waals surface area contributed by atoms with Crippen molar-refractivity contribution in [1.82, 2.24) is 4.57 Å². The number of nitrogens with zero attached hydrogens (tertiary/aromatic N) is 1. The van der Waals surface area contributed by atoms with Crippen molar-refractivity contribution in [3.63, 3.8) is 0 Å². The van der Waals surface area contributed by atoms with Crippen LogP contribution < -0.4 is 5.56 Å². The van der Waals surface area contributed by atoms with Gasteiger partial charge in [-0.1, -0.05) is 30.3 Å². The summed E-state index contributed by atoms with van der Waals surface area (Å²) in [5.41, 5.74) is 1.99. The Morgan fingerprint density at radius 2 is 1.71 bits per heavy atom. The second-order valence-corrected chi connectivity index (χ2v) is 4.88. The summed E-state index contributed by atoms with van der Waals surface area (Å²) >= 11 is 0. The molecule has 0 amide bonds. The summed E-state index contributed by atoms with van der Waals surface area (Å²) in [5.74, 6) is -0.946. The predicted octanol–water partition coefficient (Wildman–Crippen LogP) is 2.90. The second kappa shape index (κ2) is 4.90. The largest absolute Gasteiger partial charge is 0.478 e. The van der Waals surface area contributed by atoms with Gasteiger partial charge in [-0.25, -0.2) is 4.79 Å². The molecular formula is C17H13NO3. The van der Waals surface area contributed by atoms with Gasteiger partial charge in [-0.2, -0.15) is 0 Å². The van der Waals surface area contributed by atoms with Crippen LogP contribution in [0, 0.1) is 0 Å². The van der Waals surface area contributed by atoms with Crippen molar-refractivity contribution >= 4 is 16.7 Å². The van der Waals surface area contributed by atoms with Crippen LogP contribution in [0.15, 0.2) is 59.5 Å². The molecular weight excluding hydrogens is 266 g/mol. The van der Waals surface area contributed by atoms with E-state index in [9.17, 15) is 14.7 Å². The van der Waals surface area contributed by atoms with E-state index in [0.29, 0.717) is 5.39 Å². The van der Waals surface area contributed by atoms with Crippen LogP contribution in [-0.4, -0.2) is 15.6 Å². The van der Waals surface area contributed by atoms with E-state index >= 15 is 0 Å². The van der Waals surface area contributed by atoms with Crippen molar-refractivity contribution in [2.24, 2.45) is 7.05 Å². The molecule has 1 N–H and O–H groups in total. The van der Waals surface area contributed by atoms with E-state index in [4.69, 9.17) is 0 Å². The molecule has 0 saturated heterocycles. The zero-order valence-corrected chi connectivity index (χ0v) is 11.4. The van der Waals surface area contributed by atoms with Gasteiger partial charge in [0.15, 0.2) is 0 Å². The summed E-state index contributed by atoms with van der Waals surface area (Å²) in [6.07, 6.45) is 1.75. The normalized spacial score (nSPS) is 10.7. The van der Waals surface area contributed by atoms with E-state index in [1.165, 1.54) is 10.6 Å². The first kappa shape index (κ1) is 13.1. The fourth-order valence-corrected chi connectivity index (χ4v) is 2.49. The van der Waals surface area contributed by atoms with Gasteiger partial charge in [0, 0.05) is 19.3 Å². The Morgan fingerprint density at radius 1 is 1.00 bits per heavy atom. The van der Waals surface area contributed by atoms with Gasteiger partial charge in [0.2, 0.25) is 5.56 Å². The molecule has 0 saturated carbocycles. The maximum atomic E-state index is 11.5. The number of carboxylic acid groups (broad SMARTS) is 1. The number of hydrogen-bond acceptors (Lipinski definition) is 2. The Morgan fingerprint density at radius 3 is 2.38 bits per heavy atom.